The number of amides is 2. The first-order valence-electron chi connectivity index (χ1n) is 11.3. The first-order valence-corrected chi connectivity index (χ1v) is 11.3. The Bertz CT molecular complexity index is 1130. The van der Waals surface area contributed by atoms with E-state index in [9.17, 15) is 4.79 Å². The minimum absolute atomic E-state index is 0.0947. The Kier molecular flexibility index (Phi) is 6.40. The molecule has 0 saturated heterocycles. The van der Waals surface area contributed by atoms with Crippen LogP contribution in [-0.2, 0) is 6.42 Å². The molecular formula is C26H30N4O2. The molecule has 0 saturated carbocycles. The van der Waals surface area contributed by atoms with Crippen LogP contribution in [0.5, 0.6) is 0 Å². The largest absolute Gasteiger partial charge is 0.334 e. The number of benzene rings is 2. The van der Waals surface area contributed by atoms with Gasteiger partial charge in [0, 0.05) is 17.8 Å². The van der Waals surface area contributed by atoms with Crippen molar-refractivity contribution in [3.63, 3.8) is 0 Å². The number of nitrogens with one attached hydrogen (secondary N) is 1. The van der Waals surface area contributed by atoms with E-state index in [1.54, 1.807) is 4.90 Å². The molecule has 6 heteroatoms. The van der Waals surface area contributed by atoms with Gasteiger partial charge in [-0.15, -0.1) is 0 Å². The Balaban J connectivity index is 1.79. The van der Waals surface area contributed by atoms with Crippen LogP contribution >= 0.6 is 0 Å². The lowest BCUT2D eigenvalue weighted by molar-refractivity contribution is 0.204. The van der Waals surface area contributed by atoms with Crippen LogP contribution in [0.1, 0.15) is 62.2 Å². The van der Waals surface area contributed by atoms with Gasteiger partial charge in [-0.2, -0.15) is 4.98 Å². The van der Waals surface area contributed by atoms with Crippen LogP contribution in [-0.4, -0.2) is 27.6 Å². The van der Waals surface area contributed by atoms with Gasteiger partial charge < -0.3 is 9.84 Å². The number of nitrogens with zero attached hydrogens (tertiary/aromatic N) is 3. The highest BCUT2D eigenvalue weighted by atomic mass is 16.5. The third kappa shape index (κ3) is 4.31. The van der Waals surface area contributed by atoms with Crippen LogP contribution in [0.3, 0.4) is 0 Å². The number of carbonyl (C=O) groups excluding carboxylic acids is 1. The molecule has 1 aromatic heterocycles. The van der Waals surface area contributed by atoms with Crippen molar-refractivity contribution < 1.29 is 9.32 Å². The lowest BCUT2D eigenvalue weighted by Crippen LogP contribution is -2.46. The lowest BCUT2D eigenvalue weighted by Gasteiger charge is -2.35. The summed E-state index contributed by atoms with van der Waals surface area (Å²) in [6, 6.07) is 15.9. The quantitative estimate of drug-likeness (QED) is 0.506. The molecule has 0 spiro atoms. The number of carbonyl (C=O) groups is 1. The second-order valence-electron chi connectivity index (χ2n) is 8.27. The number of allylic oxidation sites excluding steroid dienone is 1. The summed E-state index contributed by atoms with van der Waals surface area (Å²) in [5, 5.41) is 7.42. The molecule has 1 N–H and O–H groups in total. The molecule has 6 nitrogen and oxygen atoms in total. The summed E-state index contributed by atoms with van der Waals surface area (Å²) < 4.78 is 5.76. The summed E-state index contributed by atoms with van der Waals surface area (Å²) in [6.45, 7) is 8.90. The van der Waals surface area contributed by atoms with Crippen molar-refractivity contribution >= 4 is 11.6 Å². The van der Waals surface area contributed by atoms with E-state index in [0.29, 0.717) is 18.3 Å². The van der Waals surface area contributed by atoms with Crippen LogP contribution in [0.2, 0.25) is 0 Å². The highest BCUT2D eigenvalue weighted by Crippen LogP contribution is 2.37. The first kappa shape index (κ1) is 21.8. The average molecular weight is 431 g/mol. The standard InChI is InChI=1S/C26H30N4O2/c1-5-7-15-30-18(4)22(23(27-26(30)31)20-13-11-19(6-2)12-14-20)25-28-24(29-32-25)21-10-8-9-17(3)16-21/h8-14,16,23H,5-7,15H2,1-4H3,(H,27,31). The molecule has 0 bridgehead atoms. The molecule has 2 amide bonds. The average Bonchev–Trinajstić information content (AvgIpc) is 3.28. The summed E-state index contributed by atoms with van der Waals surface area (Å²) in [5.41, 5.74) is 5.98. The predicted molar refractivity (Wildman–Crippen MR) is 126 cm³/mol. The van der Waals surface area contributed by atoms with Crippen molar-refractivity contribution in [2.24, 2.45) is 0 Å². The molecule has 0 radical (unpaired) electrons. The molecule has 32 heavy (non-hydrogen) atoms. The Hall–Kier alpha value is -3.41. The number of aryl methyl sites for hydroxylation is 2. The number of unbranched alkanes of at least 4 members (excludes halogenated alkanes) is 1. The summed E-state index contributed by atoms with van der Waals surface area (Å²) in [7, 11) is 0. The summed E-state index contributed by atoms with van der Waals surface area (Å²) in [4.78, 5) is 19.5. The molecule has 0 fully saturated rings. The van der Waals surface area contributed by atoms with E-state index in [0.717, 1.165) is 47.2 Å². The second kappa shape index (κ2) is 9.39. The zero-order valence-corrected chi connectivity index (χ0v) is 19.2. The van der Waals surface area contributed by atoms with Crippen molar-refractivity contribution in [3.8, 4) is 11.4 Å². The minimum Gasteiger partial charge on any atom is -0.334 e. The molecule has 1 unspecified atom stereocenters. The van der Waals surface area contributed by atoms with E-state index in [1.165, 1.54) is 5.56 Å². The van der Waals surface area contributed by atoms with E-state index < -0.39 is 0 Å². The van der Waals surface area contributed by atoms with Crippen molar-refractivity contribution in [1.82, 2.24) is 20.4 Å². The van der Waals surface area contributed by atoms with Gasteiger partial charge in [-0.05, 0) is 43.9 Å². The van der Waals surface area contributed by atoms with Gasteiger partial charge in [0.15, 0.2) is 0 Å². The van der Waals surface area contributed by atoms with Crippen LogP contribution in [0.25, 0.3) is 17.0 Å². The molecule has 1 atom stereocenters. The topological polar surface area (TPSA) is 71.3 Å². The zero-order valence-electron chi connectivity index (χ0n) is 19.2. The molecule has 2 heterocycles. The Morgan fingerprint density at radius 3 is 2.56 bits per heavy atom. The van der Waals surface area contributed by atoms with E-state index in [-0.39, 0.29) is 12.1 Å². The van der Waals surface area contributed by atoms with Crippen molar-refractivity contribution in [2.45, 2.75) is 53.0 Å². The Labute approximate surface area is 189 Å². The monoisotopic (exact) mass is 430 g/mol. The third-order valence-corrected chi connectivity index (χ3v) is 5.99. The van der Waals surface area contributed by atoms with Gasteiger partial charge >= 0.3 is 6.03 Å². The molecule has 0 aliphatic carbocycles. The SMILES string of the molecule is CCCCN1C(=O)NC(c2ccc(CC)cc2)C(c2nc(-c3cccc(C)c3)no2)=C1C. The van der Waals surface area contributed by atoms with E-state index in [1.807, 2.05) is 38.1 Å². The minimum atomic E-state index is -0.350. The fourth-order valence-electron chi connectivity index (χ4n) is 4.07. The van der Waals surface area contributed by atoms with Crippen molar-refractivity contribution in [3.05, 3.63) is 76.8 Å². The number of aromatic nitrogens is 2. The van der Waals surface area contributed by atoms with Crippen LogP contribution in [0.4, 0.5) is 4.79 Å². The molecule has 3 aromatic rings. The maximum atomic E-state index is 13.0. The fourth-order valence-corrected chi connectivity index (χ4v) is 4.07. The van der Waals surface area contributed by atoms with Crippen molar-refractivity contribution in [2.75, 3.05) is 6.54 Å². The van der Waals surface area contributed by atoms with Gasteiger partial charge in [-0.3, -0.25) is 4.90 Å². The maximum absolute atomic E-state index is 13.0. The van der Waals surface area contributed by atoms with Gasteiger partial charge in [0.2, 0.25) is 5.82 Å². The third-order valence-electron chi connectivity index (χ3n) is 5.99. The van der Waals surface area contributed by atoms with Crippen molar-refractivity contribution in [1.29, 1.82) is 0 Å². The van der Waals surface area contributed by atoms with Gasteiger partial charge in [0.05, 0.1) is 11.6 Å². The second-order valence-corrected chi connectivity index (χ2v) is 8.27. The lowest BCUT2D eigenvalue weighted by atomic mass is 9.93. The number of rotatable bonds is 7. The van der Waals surface area contributed by atoms with Gasteiger partial charge in [-0.1, -0.05) is 73.5 Å². The molecule has 166 valence electrons. The Morgan fingerprint density at radius 2 is 1.88 bits per heavy atom. The summed E-state index contributed by atoms with van der Waals surface area (Å²) >= 11 is 0. The van der Waals surface area contributed by atoms with Gasteiger partial charge in [0.1, 0.15) is 0 Å². The highest BCUT2D eigenvalue weighted by Gasteiger charge is 2.35. The fraction of sp³-hybridized carbons (Fsp3) is 0.346. The van der Waals surface area contributed by atoms with Crippen LogP contribution in [0.15, 0.2) is 58.8 Å². The molecule has 1 aliphatic heterocycles. The Morgan fingerprint density at radius 1 is 1.09 bits per heavy atom. The maximum Gasteiger partial charge on any atom is 0.322 e. The molecule has 2 aromatic carbocycles. The highest BCUT2D eigenvalue weighted by molar-refractivity contribution is 5.86. The van der Waals surface area contributed by atoms with Crippen LogP contribution in [0, 0.1) is 6.92 Å². The van der Waals surface area contributed by atoms with Gasteiger partial charge in [0.25, 0.3) is 5.89 Å². The zero-order chi connectivity index (χ0) is 22.7. The first-order chi connectivity index (χ1) is 15.5. The van der Waals surface area contributed by atoms with Crippen LogP contribution < -0.4 is 5.32 Å². The smallest absolute Gasteiger partial charge is 0.322 e. The molecule has 4 rings (SSSR count). The molecular weight excluding hydrogens is 400 g/mol. The van der Waals surface area contributed by atoms with Gasteiger partial charge in [-0.25, -0.2) is 4.79 Å². The van der Waals surface area contributed by atoms with E-state index in [4.69, 9.17) is 9.51 Å². The predicted octanol–water partition coefficient (Wildman–Crippen LogP) is 5.91. The number of hydrogen-bond acceptors (Lipinski definition) is 4. The van der Waals surface area contributed by atoms with E-state index in [2.05, 4.69) is 48.6 Å². The summed E-state index contributed by atoms with van der Waals surface area (Å²) in [5.74, 6) is 0.978. The molecule has 1 aliphatic rings. The summed E-state index contributed by atoms with van der Waals surface area (Å²) in [6.07, 6.45) is 2.89. The number of hydrogen-bond donors (Lipinski definition) is 1. The van der Waals surface area contributed by atoms with E-state index >= 15 is 0 Å². The normalized spacial score (nSPS) is 16.4. The number of urea groups is 1.